The lowest BCUT2D eigenvalue weighted by molar-refractivity contribution is 0.0951. The lowest BCUT2D eigenvalue weighted by atomic mass is 9.92. The van der Waals surface area contributed by atoms with Crippen LogP contribution in [0.2, 0.25) is 0 Å². The van der Waals surface area contributed by atoms with Crippen molar-refractivity contribution in [1.82, 2.24) is 5.32 Å². The van der Waals surface area contributed by atoms with E-state index in [1.807, 2.05) is 26.0 Å². The van der Waals surface area contributed by atoms with Crippen LogP contribution in [0.5, 0.6) is 5.75 Å². The number of Topliss-reactive ketones (excluding diaryl/α,β-unsaturated/α-hetero) is 1. The molecule has 3 nitrogen and oxygen atoms in total. The number of carbonyl (C=O) groups is 1. The van der Waals surface area contributed by atoms with Crippen molar-refractivity contribution in [2.45, 2.75) is 52.5 Å². The van der Waals surface area contributed by atoms with Gasteiger partial charge in [0.1, 0.15) is 5.75 Å². The van der Waals surface area contributed by atoms with Crippen LogP contribution < -0.4 is 10.1 Å². The van der Waals surface area contributed by atoms with Gasteiger partial charge in [-0.15, -0.1) is 0 Å². The summed E-state index contributed by atoms with van der Waals surface area (Å²) in [5, 5.41) is 3.29. The van der Waals surface area contributed by atoms with E-state index in [1.165, 1.54) is 0 Å². The molecular weight excluding hydrogens is 250 g/mol. The van der Waals surface area contributed by atoms with Crippen LogP contribution in [0.15, 0.2) is 12.1 Å². The second-order valence-electron chi connectivity index (χ2n) is 5.81. The zero-order chi connectivity index (χ0) is 14.7. The van der Waals surface area contributed by atoms with Crippen LogP contribution >= 0.6 is 0 Å². The number of aryl methyl sites for hydroxylation is 1. The van der Waals surface area contributed by atoms with Gasteiger partial charge in [-0.1, -0.05) is 13.8 Å². The van der Waals surface area contributed by atoms with Gasteiger partial charge in [0.2, 0.25) is 0 Å². The Morgan fingerprint density at radius 1 is 1.45 bits per heavy atom. The molecule has 1 heterocycles. The molecule has 1 saturated heterocycles. The van der Waals surface area contributed by atoms with Crippen molar-refractivity contribution in [2.24, 2.45) is 0 Å². The lowest BCUT2D eigenvalue weighted by Gasteiger charge is -2.18. The summed E-state index contributed by atoms with van der Waals surface area (Å²) in [7, 11) is 0. The van der Waals surface area contributed by atoms with Crippen molar-refractivity contribution in [3.63, 3.8) is 0 Å². The molecule has 0 amide bonds. The van der Waals surface area contributed by atoms with E-state index >= 15 is 0 Å². The standard InChI is InChI=1S/C17H25NO2/c1-5-20-16-9-12(4)14(10-13(16)11(2)3)17(19)15-7-6-8-18-15/h9-11,15,18H,5-8H2,1-4H3. The molecule has 0 saturated carbocycles. The number of nitrogens with one attached hydrogen (secondary N) is 1. The lowest BCUT2D eigenvalue weighted by Crippen LogP contribution is -2.31. The van der Waals surface area contributed by atoms with Gasteiger partial charge in [0.05, 0.1) is 12.6 Å². The smallest absolute Gasteiger partial charge is 0.180 e. The molecule has 1 aromatic carbocycles. The zero-order valence-corrected chi connectivity index (χ0v) is 13.0. The van der Waals surface area contributed by atoms with Crippen molar-refractivity contribution in [1.29, 1.82) is 0 Å². The monoisotopic (exact) mass is 275 g/mol. The summed E-state index contributed by atoms with van der Waals surface area (Å²) in [5.74, 6) is 1.49. The molecule has 1 aromatic rings. The third-order valence-corrected chi connectivity index (χ3v) is 3.92. The third-order valence-electron chi connectivity index (χ3n) is 3.92. The number of benzene rings is 1. The molecular formula is C17H25NO2. The fourth-order valence-electron chi connectivity index (χ4n) is 2.79. The quantitative estimate of drug-likeness (QED) is 0.836. The Labute approximate surface area is 121 Å². The maximum Gasteiger partial charge on any atom is 0.180 e. The van der Waals surface area contributed by atoms with Crippen molar-refractivity contribution < 1.29 is 9.53 Å². The van der Waals surface area contributed by atoms with E-state index in [2.05, 4.69) is 19.2 Å². The molecule has 1 unspecified atom stereocenters. The Morgan fingerprint density at radius 2 is 2.20 bits per heavy atom. The molecule has 1 aliphatic heterocycles. The molecule has 0 aromatic heterocycles. The van der Waals surface area contributed by atoms with Gasteiger partial charge < -0.3 is 10.1 Å². The maximum atomic E-state index is 12.6. The van der Waals surface area contributed by atoms with Crippen molar-refractivity contribution in [3.8, 4) is 5.75 Å². The van der Waals surface area contributed by atoms with Gasteiger partial charge in [-0.25, -0.2) is 0 Å². The molecule has 1 fully saturated rings. The van der Waals surface area contributed by atoms with Crippen LogP contribution in [0.1, 0.15) is 61.0 Å². The molecule has 1 aliphatic rings. The molecule has 2 rings (SSSR count). The number of ether oxygens (including phenoxy) is 1. The van der Waals surface area contributed by atoms with Crippen LogP contribution in [-0.2, 0) is 0 Å². The van der Waals surface area contributed by atoms with Crippen LogP contribution in [0, 0.1) is 6.92 Å². The summed E-state index contributed by atoms with van der Waals surface area (Å²) in [6.07, 6.45) is 2.03. The van der Waals surface area contributed by atoms with Gasteiger partial charge in [-0.3, -0.25) is 4.79 Å². The molecule has 20 heavy (non-hydrogen) atoms. The van der Waals surface area contributed by atoms with Crippen LogP contribution in [-0.4, -0.2) is 25.0 Å². The average molecular weight is 275 g/mol. The number of rotatable bonds is 5. The molecule has 3 heteroatoms. The van der Waals surface area contributed by atoms with Crippen LogP contribution in [0.25, 0.3) is 0 Å². The Hall–Kier alpha value is -1.35. The fourth-order valence-corrected chi connectivity index (χ4v) is 2.79. The largest absolute Gasteiger partial charge is 0.494 e. The Balaban J connectivity index is 2.37. The minimum absolute atomic E-state index is 0.00773. The van der Waals surface area contributed by atoms with Gasteiger partial charge in [0.25, 0.3) is 0 Å². The van der Waals surface area contributed by atoms with Crippen LogP contribution in [0.4, 0.5) is 0 Å². The Morgan fingerprint density at radius 3 is 2.75 bits per heavy atom. The normalized spacial score (nSPS) is 18.6. The van der Waals surface area contributed by atoms with Crippen LogP contribution in [0.3, 0.4) is 0 Å². The van der Waals surface area contributed by atoms with Gasteiger partial charge in [-0.2, -0.15) is 0 Å². The number of carbonyl (C=O) groups excluding carboxylic acids is 1. The van der Waals surface area contributed by atoms with Crippen molar-refractivity contribution in [2.75, 3.05) is 13.2 Å². The van der Waals surface area contributed by atoms with Gasteiger partial charge in [0, 0.05) is 5.56 Å². The molecule has 1 atom stereocenters. The van der Waals surface area contributed by atoms with Crippen molar-refractivity contribution in [3.05, 3.63) is 28.8 Å². The molecule has 0 spiro atoms. The first kappa shape index (κ1) is 15.0. The van der Waals surface area contributed by atoms with E-state index in [1.54, 1.807) is 0 Å². The summed E-state index contributed by atoms with van der Waals surface area (Å²) >= 11 is 0. The highest BCUT2D eigenvalue weighted by Crippen LogP contribution is 2.31. The SMILES string of the molecule is CCOc1cc(C)c(C(=O)C2CCCN2)cc1C(C)C. The van der Waals surface area contributed by atoms with E-state index in [-0.39, 0.29) is 11.8 Å². The highest BCUT2D eigenvalue weighted by Gasteiger charge is 2.25. The predicted molar refractivity (Wildman–Crippen MR) is 81.8 cm³/mol. The van der Waals surface area contributed by atoms with Crippen molar-refractivity contribution >= 4 is 5.78 Å². The minimum atomic E-state index is -0.00773. The average Bonchev–Trinajstić information content (AvgIpc) is 2.92. The van der Waals surface area contributed by atoms with E-state index in [0.29, 0.717) is 12.5 Å². The topological polar surface area (TPSA) is 38.3 Å². The summed E-state index contributed by atoms with van der Waals surface area (Å²) in [6.45, 7) is 9.85. The second-order valence-corrected chi connectivity index (χ2v) is 5.81. The minimum Gasteiger partial charge on any atom is -0.494 e. The van der Waals surface area contributed by atoms with Gasteiger partial charge in [0.15, 0.2) is 5.78 Å². The number of hydrogen-bond donors (Lipinski definition) is 1. The van der Waals surface area contributed by atoms with E-state index in [9.17, 15) is 4.79 Å². The molecule has 0 radical (unpaired) electrons. The summed E-state index contributed by atoms with van der Waals surface area (Å²) in [5.41, 5.74) is 2.98. The number of hydrogen-bond acceptors (Lipinski definition) is 3. The first-order valence-electron chi connectivity index (χ1n) is 7.59. The fraction of sp³-hybridized carbons (Fsp3) is 0.588. The first-order valence-corrected chi connectivity index (χ1v) is 7.59. The third kappa shape index (κ3) is 3.04. The molecule has 1 N–H and O–H groups in total. The summed E-state index contributed by atoms with van der Waals surface area (Å²) in [6, 6.07) is 4.04. The summed E-state index contributed by atoms with van der Waals surface area (Å²) < 4.78 is 5.71. The highest BCUT2D eigenvalue weighted by molar-refractivity contribution is 6.01. The zero-order valence-electron chi connectivity index (χ0n) is 13.0. The highest BCUT2D eigenvalue weighted by atomic mass is 16.5. The van der Waals surface area contributed by atoms with Gasteiger partial charge >= 0.3 is 0 Å². The predicted octanol–water partition coefficient (Wildman–Crippen LogP) is 3.45. The second kappa shape index (κ2) is 6.40. The molecule has 0 aliphatic carbocycles. The van der Waals surface area contributed by atoms with E-state index in [4.69, 9.17) is 4.74 Å². The molecule has 0 bridgehead atoms. The van der Waals surface area contributed by atoms with E-state index in [0.717, 1.165) is 41.8 Å². The van der Waals surface area contributed by atoms with E-state index < -0.39 is 0 Å². The summed E-state index contributed by atoms with van der Waals surface area (Å²) in [4.78, 5) is 12.6. The Bertz CT molecular complexity index is 488. The van der Waals surface area contributed by atoms with Gasteiger partial charge in [-0.05, 0) is 62.4 Å². The first-order chi connectivity index (χ1) is 9.54. The number of ketones is 1. The Kier molecular flexibility index (Phi) is 4.81. The molecule has 110 valence electrons. The maximum absolute atomic E-state index is 12.6.